The van der Waals surface area contributed by atoms with Gasteiger partial charge in [-0.3, -0.25) is 0 Å². The van der Waals surface area contributed by atoms with E-state index in [-0.39, 0.29) is 12.1 Å². The van der Waals surface area contributed by atoms with Crippen molar-refractivity contribution in [1.29, 1.82) is 0 Å². The smallest absolute Gasteiger partial charge is 0.320 e. The van der Waals surface area contributed by atoms with Gasteiger partial charge in [-0.05, 0) is 30.7 Å². The number of anilines is 1. The van der Waals surface area contributed by atoms with E-state index in [1.54, 1.807) is 24.3 Å². The molecule has 90 valence electrons. The van der Waals surface area contributed by atoms with Gasteiger partial charge in [0.25, 0.3) is 0 Å². The molecule has 0 radical (unpaired) electrons. The van der Waals surface area contributed by atoms with Gasteiger partial charge in [-0.25, -0.2) is 4.79 Å². The van der Waals surface area contributed by atoms with Crippen molar-refractivity contribution in [1.82, 2.24) is 5.32 Å². The van der Waals surface area contributed by atoms with Crippen LogP contribution in [0, 0.1) is 12.3 Å². The van der Waals surface area contributed by atoms with Gasteiger partial charge >= 0.3 is 6.03 Å². The minimum absolute atomic E-state index is 0.229. The average Bonchev–Trinajstić information content (AvgIpc) is 2.31. The van der Waals surface area contributed by atoms with E-state index in [0.29, 0.717) is 10.7 Å². The lowest BCUT2D eigenvalue weighted by atomic mass is 10.2. The highest BCUT2D eigenvalue weighted by atomic mass is 35.5. The normalized spacial score (nSPS) is 11.4. The fraction of sp³-hybridized carbons (Fsp3) is 0.308. The summed E-state index contributed by atoms with van der Waals surface area (Å²) >= 11 is 5.74. The Bertz CT molecular complexity index is 408. The number of carbonyl (C=O) groups is 1. The van der Waals surface area contributed by atoms with Gasteiger partial charge in [-0.1, -0.05) is 30.9 Å². The van der Waals surface area contributed by atoms with Gasteiger partial charge in [0, 0.05) is 10.7 Å². The van der Waals surface area contributed by atoms with Crippen molar-refractivity contribution in [3.63, 3.8) is 0 Å². The third-order valence-corrected chi connectivity index (χ3v) is 2.44. The summed E-state index contributed by atoms with van der Waals surface area (Å²) in [6, 6.07) is 6.35. The molecule has 1 unspecified atom stereocenters. The van der Waals surface area contributed by atoms with Crippen molar-refractivity contribution in [2.45, 2.75) is 25.8 Å². The molecule has 1 aromatic rings. The van der Waals surface area contributed by atoms with E-state index in [9.17, 15) is 4.79 Å². The maximum Gasteiger partial charge on any atom is 0.320 e. The number of amides is 2. The zero-order valence-electron chi connectivity index (χ0n) is 9.66. The third-order valence-electron chi connectivity index (χ3n) is 2.19. The summed E-state index contributed by atoms with van der Waals surface area (Å²) in [5.41, 5.74) is 0.680. The minimum atomic E-state index is -0.302. The van der Waals surface area contributed by atoms with Crippen molar-refractivity contribution in [2.24, 2.45) is 0 Å². The monoisotopic (exact) mass is 250 g/mol. The SMILES string of the molecule is C#CC(CCC)NC(=O)Nc1ccc(Cl)cc1. The molecule has 2 amide bonds. The third kappa shape index (κ3) is 4.80. The van der Waals surface area contributed by atoms with E-state index < -0.39 is 0 Å². The van der Waals surface area contributed by atoms with Crippen LogP contribution < -0.4 is 10.6 Å². The highest BCUT2D eigenvalue weighted by molar-refractivity contribution is 6.30. The van der Waals surface area contributed by atoms with Crippen LogP contribution in [0.1, 0.15) is 19.8 Å². The first-order valence-electron chi connectivity index (χ1n) is 5.45. The van der Waals surface area contributed by atoms with E-state index in [4.69, 9.17) is 18.0 Å². The Morgan fingerprint density at radius 3 is 2.65 bits per heavy atom. The van der Waals surface area contributed by atoms with Crippen molar-refractivity contribution in [2.75, 3.05) is 5.32 Å². The van der Waals surface area contributed by atoms with Crippen molar-refractivity contribution in [3.05, 3.63) is 29.3 Å². The summed E-state index contributed by atoms with van der Waals surface area (Å²) in [6.45, 7) is 2.02. The predicted molar refractivity (Wildman–Crippen MR) is 71.1 cm³/mol. The molecule has 0 bridgehead atoms. The van der Waals surface area contributed by atoms with E-state index in [1.807, 2.05) is 6.92 Å². The summed E-state index contributed by atoms with van der Waals surface area (Å²) in [4.78, 5) is 11.6. The molecule has 0 spiro atoms. The lowest BCUT2D eigenvalue weighted by Crippen LogP contribution is -2.36. The number of halogens is 1. The fourth-order valence-corrected chi connectivity index (χ4v) is 1.47. The van der Waals surface area contributed by atoms with Crippen molar-refractivity contribution >= 4 is 23.3 Å². The maximum atomic E-state index is 11.6. The first kappa shape index (κ1) is 13.4. The maximum absolute atomic E-state index is 11.6. The quantitative estimate of drug-likeness (QED) is 0.792. The largest absolute Gasteiger partial charge is 0.324 e. The van der Waals surface area contributed by atoms with Gasteiger partial charge in [0.1, 0.15) is 0 Å². The standard InChI is InChI=1S/C13H15ClN2O/c1-3-5-11(4-2)15-13(17)16-12-8-6-10(14)7-9-12/h2,6-9,11H,3,5H2,1H3,(H2,15,16,17). The molecule has 1 rings (SSSR count). The van der Waals surface area contributed by atoms with E-state index in [0.717, 1.165) is 12.8 Å². The van der Waals surface area contributed by atoms with E-state index >= 15 is 0 Å². The van der Waals surface area contributed by atoms with Gasteiger partial charge in [-0.15, -0.1) is 6.42 Å². The number of hydrogen-bond acceptors (Lipinski definition) is 1. The Hall–Kier alpha value is -1.66. The number of nitrogens with one attached hydrogen (secondary N) is 2. The van der Waals surface area contributed by atoms with Crippen molar-refractivity contribution < 1.29 is 4.79 Å². The number of rotatable bonds is 4. The molecule has 0 saturated heterocycles. The second kappa shape index (κ2) is 6.82. The van der Waals surface area contributed by atoms with Crippen LogP contribution in [-0.4, -0.2) is 12.1 Å². The molecule has 0 fully saturated rings. The molecule has 0 heterocycles. The highest BCUT2D eigenvalue weighted by Crippen LogP contribution is 2.13. The summed E-state index contributed by atoms with van der Waals surface area (Å²) in [5.74, 6) is 2.54. The lowest BCUT2D eigenvalue weighted by Gasteiger charge is -2.12. The number of carbonyl (C=O) groups excluding carboxylic acids is 1. The molecule has 1 aromatic carbocycles. The Morgan fingerprint density at radius 2 is 2.12 bits per heavy atom. The van der Waals surface area contributed by atoms with Crippen LogP contribution in [0.2, 0.25) is 5.02 Å². The second-order valence-corrected chi connectivity index (χ2v) is 4.05. The number of hydrogen-bond donors (Lipinski definition) is 2. The first-order valence-corrected chi connectivity index (χ1v) is 5.82. The van der Waals surface area contributed by atoms with Gasteiger partial charge < -0.3 is 10.6 Å². The molecule has 0 aliphatic carbocycles. The molecule has 0 aliphatic heterocycles. The van der Waals surface area contributed by atoms with Crippen LogP contribution in [0.15, 0.2) is 24.3 Å². The molecule has 2 N–H and O–H groups in total. The van der Waals surface area contributed by atoms with Crippen LogP contribution in [0.4, 0.5) is 10.5 Å². The first-order chi connectivity index (χ1) is 8.15. The highest BCUT2D eigenvalue weighted by Gasteiger charge is 2.08. The zero-order valence-corrected chi connectivity index (χ0v) is 10.4. The van der Waals surface area contributed by atoms with Crippen LogP contribution in [0.3, 0.4) is 0 Å². The van der Waals surface area contributed by atoms with E-state index in [1.165, 1.54) is 0 Å². The Morgan fingerprint density at radius 1 is 1.47 bits per heavy atom. The molecule has 0 aliphatic rings. The average molecular weight is 251 g/mol. The molecular weight excluding hydrogens is 236 g/mol. The van der Waals surface area contributed by atoms with Gasteiger partial charge in [-0.2, -0.15) is 0 Å². The van der Waals surface area contributed by atoms with Crippen LogP contribution in [-0.2, 0) is 0 Å². The summed E-state index contributed by atoms with van der Waals surface area (Å²) < 4.78 is 0. The van der Waals surface area contributed by atoms with Gasteiger partial charge in [0.15, 0.2) is 0 Å². The molecule has 4 heteroatoms. The molecular formula is C13H15ClN2O. The summed E-state index contributed by atoms with van der Waals surface area (Å²) in [5, 5.41) is 6.03. The number of benzene rings is 1. The summed E-state index contributed by atoms with van der Waals surface area (Å²) in [6.07, 6.45) is 7.01. The Balaban J connectivity index is 2.49. The number of terminal acetylenes is 1. The van der Waals surface area contributed by atoms with Crippen molar-refractivity contribution in [3.8, 4) is 12.3 Å². The molecule has 0 aromatic heterocycles. The zero-order chi connectivity index (χ0) is 12.7. The fourth-order valence-electron chi connectivity index (χ4n) is 1.34. The number of urea groups is 1. The molecule has 1 atom stereocenters. The molecule has 0 saturated carbocycles. The Kier molecular flexibility index (Phi) is 5.38. The summed E-state index contributed by atoms with van der Waals surface area (Å²) in [7, 11) is 0. The van der Waals surface area contributed by atoms with Crippen LogP contribution >= 0.6 is 11.6 Å². The molecule has 17 heavy (non-hydrogen) atoms. The van der Waals surface area contributed by atoms with Crippen LogP contribution in [0.5, 0.6) is 0 Å². The molecule has 3 nitrogen and oxygen atoms in total. The van der Waals surface area contributed by atoms with E-state index in [2.05, 4.69) is 16.6 Å². The topological polar surface area (TPSA) is 41.1 Å². The minimum Gasteiger partial charge on any atom is -0.324 e. The second-order valence-electron chi connectivity index (χ2n) is 3.61. The van der Waals surface area contributed by atoms with Gasteiger partial charge in [0.2, 0.25) is 0 Å². The predicted octanol–water partition coefficient (Wildman–Crippen LogP) is 3.26. The van der Waals surface area contributed by atoms with Crippen LogP contribution in [0.25, 0.3) is 0 Å². The Labute approximate surface area is 107 Å². The lowest BCUT2D eigenvalue weighted by molar-refractivity contribution is 0.250. The van der Waals surface area contributed by atoms with Gasteiger partial charge in [0.05, 0.1) is 6.04 Å².